The van der Waals surface area contributed by atoms with Crippen LogP contribution in [0.1, 0.15) is 84.0 Å². The van der Waals surface area contributed by atoms with Crippen LogP contribution in [-0.4, -0.2) is 86.0 Å². The lowest BCUT2D eigenvalue weighted by Gasteiger charge is -2.43. The molecule has 0 bridgehead atoms. The van der Waals surface area contributed by atoms with Gasteiger partial charge in [0.2, 0.25) is 0 Å². The van der Waals surface area contributed by atoms with Gasteiger partial charge in [0.25, 0.3) is 0 Å². The van der Waals surface area contributed by atoms with Crippen LogP contribution in [0.15, 0.2) is 12.2 Å². The Labute approximate surface area is 193 Å². The van der Waals surface area contributed by atoms with Crippen molar-refractivity contribution < 1.29 is 35.4 Å². The maximum atomic E-state index is 10.4. The molecule has 2 unspecified atom stereocenters. The summed E-state index contributed by atoms with van der Waals surface area (Å²) in [7, 11) is 0. The molecule has 0 aliphatic carbocycles. The minimum absolute atomic E-state index is 0.592. The van der Waals surface area contributed by atoms with Crippen molar-refractivity contribution in [3.05, 3.63) is 12.2 Å². The number of aliphatic hydroxyl groups excluding tert-OH is 6. The molecule has 0 amide bonds. The van der Waals surface area contributed by atoms with Gasteiger partial charge >= 0.3 is 0 Å². The summed E-state index contributed by atoms with van der Waals surface area (Å²) in [5, 5.41) is 59.7. The predicted molar refractivity (Wildman–Crippen MR) is 124 cm³/mol. The summed E-state index contributed by atoms with van der Waals surface area (Å²) in [5.74, 6) is 0. The van der Waals surface area contributed by atoms with Crippen molar-refractivity contribution in [2.75, 3.05) is 6.61 Å². The summed E-state index contributed by atoms with van der Waals surface area (Å²) in [5.41, 5.74) is 5.92. The number of hydrogen-bond donors (Lipinski definition) is 7. The van der Waals surface area contributed by atoms with Gasteiger partial charge in [-0.3, -0.25) is 0 Å². The number of unbranched alkanes of at least 4 members (excludes halogenated alkanes) is 11. The van der Waals surface area contributed by atoms with E-state index < -0.39 is 55.4 Å². The number of nitrogens with two attached hydrogens (primary N) is 1. The number of ether oxygens (including phenoxy) is 1. The number of allylic oxidation sites excluding steroid dienone is 1. The van der Waals surface area contributed by atoms with E-state index in [9.17, 15) is 30.6 Å². The van der Waals surface area contributed by atoms with Gasteiger partial charge in [-0.2, -0.15) is 0 Å². The number of aliphatic hydroxyl groups is 6. The average molecular weight is 462 g/mol. The molecule has 8 atom stereocenters. The molecular weight excluding hydrogens is 414 g/mol. The van der Waals surface area contributed by atoms with Crippen LogP contribution < -0.4 is 5.73 Å². The highest BCUT2D eigenvalue weighted by atomic mass is 16.6. The molecule has 1 heterocycles. The Morgan fingerprint density at radius 3 is 1.88 bits per heavy atom. The lowest BCUT2D eigenvalue weighted by atomic mass is 9.88. The first-order chi connectivity index (χ1) is 15.3. The first kappa shape index (κ1) is 29.5. The summed E-state index contributed by atoms with van der Waals surface area (Å²) < 4.78 is 5.31. The van der Waals surface area contributed by atoms with Gasteiger partial charge in [-0.1, -0.05) is 83.3 Å². The molecular formula is C24H47NO7. The smallest absolute Gasteiger partial charge is 0.114 e. The zero-order valence-corrected chi connectivity index (χ0v) is 19.6. The van der Waals surface area contributed by atoms with Crippen LogP contribution in [0.3, 0.4) is 0 Å². The first-order valence-corrected chi connectivity index (χ1v) is 12.4. The molecule has 8 heteroatoms. The van der Waals surface area contributed by atoms with E-state index in [1.807, 2.05) is 6.08 Å². The Morgan fingerprint density at radius 1 is 0.812 bits per heavy atom. The molecule has 1 saturated heterocycles. The number of rotatable bonds is 17. The van der Waals surface area contributed by atoms with Gasteiger partial charge in [0, 0.05) is 0 Å². The van der Waals surface area contributed by atoms with Crippen LogP contribution in [0.2, 0.25) is 0 Å². The number of hydrogen-bond acceptors (Lipinski definition) is 8. The summed E-state index contributed by atoms with van der Waals surface area (Å²) >= 11 is 0. The zero-order chi connectivity index (χ0) is 23.9. The van der Waals surface area contributed by atoms with Gasteiger partial charge in [-0.25, -0.2) is 0 Å². The topological polar surface area (TPSA) is 157 Å². The van der Waals surface area contributed by atoms with Gasteiger partial charge in [0.15, 0.2) is 0 Å². The van der Waals surface area contributed by atoms with Gasteiger partial charge in [0.05, 0.1) is 18.8 Å². The SMILES string of the molecule is CCCCCCCCCCCCC/C=C/[C@@H](O)[C@@H](N)C(O)C1O[C@H](CO)[C@H](O)[C@H](O)[C@H]1O. The molecule has 190 valence electrons. The highest BCUT2D eigenvalue weighted by molar-refractivity contribution is 5.02. The van der Waals surface area contributed by atoms with Crippen molar-refractivity contribution >= 4 is 0 Å². The van der Waals surface area contributed by atoms with E-state index in [1.54, 1.807) is 0 Å². The fourth-order valence-corrected chi connectivity index (χ4v) is 4.12. The minimum atomic E-state index is -1.60. The summed E-state index contributed by atoms with van der Waals surface area (Å²) in [6.07, 6.45) is 8.26. The Bertz CT molecular complexity index is 491. The average Bonchev–Trinajstić information content (AvgIpc) is 2.79. The van der Waals surface area contributed by atoms with E-state index in [1.165, 1.54) is 63.9 Å². The van der Waals surface area contributed by atoms with Crippen molar-refractivity contribution in [3.8, 4) is 0 Å². The Balaban J connectivity index is 2.22. The van der Waals surface area contributed by atoms with Crippen LogP contribution in [0, 0.1) is 0 Å². The molecule has 1 rings (SSSR count). The van der Waals surface area contributed by atoms with Gasteiger partial charge < -0.3 is 41.1 Å². The normalized spacial score (nSPS) is 29.3. The van der Waals surface area contributed by atoms with Gasteiger partial charge in [-0.15, -0.1) is 0 Å². The Kier molecular flexibility index (Phi) is 15.6. The molecule has 0 radical (unpaired) electrons. The zero-order valence-electron chi connectivity index (χ0n) is 19.6. The highest BCUT2D eigenvalue weighted by Crippen LogP contribution is 2.25. The third-order valence-electron chi connectivity index (χ3n) is 6.36. The van der Waals surface area contributed by atoms with E-state index in [0.717, 1.165) is 19.3 Å². The maximum Gasteiger partial charge on any atom is 0.114 e. The first-order valence-electron chi connectivity index (χ1n) is 12.4. The third kappa shape index (κ3) is 10.1. The van der Waals surface area contributed by atoms with E-state index in [2.05, 4.69) is 6.92 Å². The Morgan fingerprint density at radius 2 is 1.34 bits per heavy atom. The predicted octanol–water partition coefficient (Wildman–Crippen LogP) is 1.14. The molecule has 0 aromatic heterocycles. The molecule has 0 saturated carbocycles. The lowest BCUT2D eigenvalue weighted by molar-refractivity contribution is -0.252. The van der Waals surface area contributed by atoms with Crippen molar-refractivity contribution in [3.63, 3.8) is 0 Å². The molecule has 0 aromatic carbocycles. The minimum Gasteiger partial charge on any atom is -0.394 e. The van der Waals surface area contributed by atoms with Crippen LogP contribution in [0.4, 0.5) is 0 Å². The van der Waals surface area contributed by atoms with Crippen LogP contribution in [0.5, 0.6) is 0 Å². The molecule has 0 spiro atoms. The summed E-state index contributed by atoms with van der Waals surface area (Å²) in [4.78, 5) is 0. The fraction of sp³-hybridized carbons (Fsp3) is 0.917. The Hall–Kier alpha value is -0.580. The standard InChI is InChI=1S/C24H47NO7/c1-2-3-4-5-6-7-8-9-10-11-12-13-14-15-17(27)19(25)21(29)24-23(31)22(30)20(28)18(16-26)32-24/h14-15,17-24,26-31H,2-13,16,25H2,1H3/b15-14+/t17-,18-,19-,20+,21?,22+,23-,24?/m1/s1. The largest absolute Gasteiger partial charge is 0.394 e. The van der Waals surface area contributed by atoms with E-state index in [0.29, 0.717) is 0 Å². The van der Waals surface area contributed by atoms with Crippen molar-refractivity contribution in [1.82, 2.24) is 0 Å². The quantitative estimate of drug-likeness (QED) is 0.126. The molecule has 8 N–H and O–H groups in total. The van der Waals surface area contributed by atoms with E-state index in [4.69, 9.17) is 10.5 Å². The van der Waals surface area contributed by atoms with Crippen molar-refractivity contribution in [2.24, 2.45) is 5.73 Å². The monoisotopic (exact) mass is 461 g/mol. The van der Waals surface area contributed by atoms with Gasteiger partial charge in [-0.05, 0) is 12.8 Å². The molecule has 32 heavy (non-hydrogen) atoms. The van der Waals surface area contributed by atoms with Crippen LogP contribution >= 0.6 is 0 Å². The highest BCUT2D eigenvalue weighted by Gasteiger charge is 2.47. The second-order valence-electron chi connectivity index (χ2n) is 9.10. The van der Waals surface area contributed by atoms with E-state index >= 15 is 0 Å². The van der Waals surface area contributed by atoms with Crippen LogP contribution in [0.25, 0.3) is 0 Å². The molecule has 0 aromatic rings. The second-order valence-corrected chi connectivity index (χ2v) is 9.10. The summed E-state index contributed by atoms with van der Waals surface area (Å²) in [6.45, 7) is 1.64. The van der Waals surface area contributed by atoms with Crippen molar-refractivity contribution in [1.29, 1.82) is 0 Å². The van der Waals surface area contributed by atoms with Gasteiger partial charge in [0.1, 0.15) is 36.6 Å². The van der Waals surface area contributed by atoms with Crippen molar-refractivity contribution in [2.45, 2.75) is 133 Å². The molecule has 1 fully saturated rings. The maximum absolute atomic E-state index is 10.4. The van der Waals surface area contributed by atoms with Crippen LogP contribution in [-0.2, 0) is 4.74 Å². The lowest BCUT2D eigenvalue weighted by Crippen LogP contribution is -2.64. The van der Waals surface area contributed by atoms with E-state index in [-0.39, 0.29) is 0 Å². The second kappa shape index (κ2) is 16.9. The molecule has 1 aliphatic heterocycles. The third-order valence-corrected chi connectivity index (χ3v) is 6.36. The molecule has 1 aliphatic rings. The fourth-order valence-electron chi connectivity index (χ4n) is 4.12. The summed E-state index contributed by atoms with van der Waals surface area (Å²) in [6, 6.07) is -1.16. The molecule has 8 nitrogen and oxygen atoms in total.